The van der Waals surface area contributed by atoms with Crippen molar-refractivity contribution >= 4 is 35.2 Å². The van der Waals surface area contributed by atoms with Crippen LogP contribution in [0.5, 0.6) is 0 Å². The molecular formula is C14H25ClN4OS. The second kappa shape index (κ2) is 7.70. The molecule has 0 aromatic heterocycles. The van der Waals surface area contributed by atoms with Crippen LogP contribution >= 0.6 is 24.2 Å². The first-order valence-corrected chi connectivity index (χ1v) is 8.57. The van der Waals surface area contributed by atoms with Gasteiger partial charge >= 0.3 is 0 Å². The van der Waals surface area contributed by atoms with Gasteiger partial charge in [-0.25, -0.2) is 0 Å². The van der Waals surface area contributed by atoms with Gasteiger partial charge in [0.15, 0.2) is 5.17 Å². The Hall–Kier alpha value is -0.460. The molecule has 0 spiro atoms. The minimum absolute atomic E-state index is 0. The molecule has 1 amide bonds. The number of carbonyl (C=O) groups is 1. The minimum atomic E-state index is 0. The second-order valence-electron chi connectivity index (χ2n) is 5.89. The summed E-state index contributed by atoms with van der Waals surface area (Å²) in [5.41, 5.74) is 0. The Morgan fingerprint density at radius 2 is 1.90 bits per heavy atom. The third-order valence-corrected chi connectivity index (χ3v) is 5.49. The summed E-state index contributed by atoms with van der Waals surface area (Å²) >= 11 is 1.87. The van der Waals surface area contributed by atoms with Crippen LogP contribution in [-0.4, -0.2) is 71.9 Å². The van der Waals surface area contributed by atoms with Crippen LogP contribution in [0, 0.1) is 5.92 Å². The van der Waals surface area contributed by atoms with Gasteiger partial charge in [-0.3, -0.25) is 9.79 Å². The van der Waals surface area contributed by atoms with Crippen LogP contribution < -0.4 is 5.32 Å². The van der Waals surface area contributed by atoms with E-state index in [1.54, 1.807) is 0 Å². The third kappa shape index (κ3) is 4.05. The highest BCUT2D eigenvalue weighted by Crippen LogP contribution is 2.24. The first-order chi connectivity index (χ1) is 9.74. The van der Waals surface area contributed by atoms with Gasteiger partial charge in [0.2, 0.25) is 5.91 Å². The first-order valence-electron chi connectivity index (χ1n) is 7.69. The predicted octanol–water partition coefficient (Wildman–Crippen LogP) is 1.04. The zero-order chi connectivity index (χ0) is 13.9. The highest BCUT2D eigenvalue weighted by molar-refractivity contribution is 8.14. The van der Waals surface area contributed by atoms with Crippen LogP contribution in [0.3, 0.4) is 0 Å². The van der Waals surface area contributed by atoms with Crippen molar-refractivity contribution in [2.75, 3.05) is 45.8 Å². The maximum Gasteiger partial charge on any atom is 0.225 e. The molecule has 1 unspecified atom stereocenters. The van der Waals surface area contributed by atoms with Gasteiger partial charge in [0.25, 0.3) is 0 Å². The van der Waals surface area contributed by atoms with E-state index < -0.39 is 0 Å². The Bertz CT molecular complexity index is 392. The van der Waals surface area contributed by atoms with E-state index in [9.17, 15) is 4.79 Å². The van der Waals surface area contributed by atoms with Crippen LogP contribution in [0.1, 0.15) is 19.8 Å². The zero-order valence-electron chi connectivity index (χ0n) is 12.6. The van der Waals surface area contributed by atoms with Crippen molar-refractivity contribution in [3.8, 4) is 0 Å². The highest BCUT2D eigenvalue weighted by atomic mass is 35.5. The Labute approximate surface area is 137 Å². The normalized spacial score (nSPS) is 27.3. The lowest BCUT2D eigenvalue weighted by atomic mass is 9.96. The summed E-state index contributed by atoms with van der Waals surface area (Å²) in [5, 5.41) is 5.12. The number of nitrogens with one attached hydrogen (secondary N) is 1. The summed E-state index contributed by atoms with van der Waals surface area (Å²) in [5.74, 6) is 0.626. The van der Waals surface area contributed by atoms with E-state index >= 15 is 0 Å². The standard InChI is InChI=1S/C14H24N4OS.ClH/c1-11-10-16-14(20-11)18-8-6-17(7-9-18)13(19)12-2-4-15-5-3-12;/h11-12,15H,2-10H2,1H3;1H. The van der Waals surface area contributed by atoms with Crippen LogP contribution in [0.2, 0.25) is 0 Å². The van der Waals surface area contributed by atoms with Gasteiger partial charge in [-0.15, -0.1) is 12.4 Å². The lowest BCUT2D eigenvalue weighted by molar-refractivity contribution is -0.137. The zero-order valence-corrected chi connectivity index (χ0v) is 14.2. The van der Waals surface area contributed by atoms with E-state index in [0.29, 0.717) is 11.2 Å². The predicted molar refractivity (Wildman–Crippen MR) is 90.3 cm³/mol. The molecule has 1 N–H and O–H groups in total. The van der Waals surface area contributed by atoms with Crippen molar-refractivity contribution in [3.05, 3.63) is 0 Å². The number of thioether (sulfide) groups is 1. The van der Waals surface area contributed by atoms with E-state index in [1.807, 2.05) is 11.8 Å². The van der Waals surface area contributed by atoms with E-state index in [0.717, 1.165) is 58.7 Å². The Morgan fingerprint density at radius 1 is 1.24 bits per heavy atom. The first kappa shape index (κ1) is 16.9. The molecule has 2 saturated heterocycles. The monoisotopic (exact) mass is 332 g/mol. The molecule has 21 heavy (non-hydrogen) atoms. The smallest absolute Gasteiger partial charge is 0.225 e. The summed E-state index contributed by atoms with van der Waals surface area (Å²) in [4.78, 5) is 21.5. The molecule has 3 rings (SSSR count). The summed E-state index contributed by atoms with van der Waals surface area (Å²) in [6, 6.07) is 0. The number of piperazine rings is 1. The molecule has 0 aromatic rings. The maximum absolute atomic E-state index is 12.5. The number of halogens is 1. The summed E-state index contributed by atoms with van der Waals surface area (Å²) < 4.78 is 0. The maximum atomic E-state index is 12.5. The molecule has 7 heteroatoms. The SMILES string of the molecule is CC1CN=C(N2CCN(C(=O)C3CCNCC3)CC2)S1.Cl. The highest BCUT2D eigenvalue weighted by Gasteiger charge is 2.30. The molecule has 3 aliphatic heterocycles. The molecule has 120 valence electrons. The third-order valence-electron chi connectivity index (χ3n) is 4.34. The fraction of sp³-hybridized carbons (Fsp3) is 0.857. The Kier molecular flexibility index (Phi) is 6.20. The van der Waals surface area contributed by atoms with Crippen molar-refractivity contribution in [2.45, 2.75) is 25.0 Å². The molecular weight excluding hydrogens is 308 g/mol. The quantitative estimate of drug-likeness (QED) is 0.779. The lowest BCUT2D eigenvalue weighted by Crippen LogP contribution is -2.52. The fourth-order valence-electron chi connectivity index (χ4n) is 3.08. The number of carbonyl (C=O) groups excluding carboxylic acids is 1. The summed E-state index contributed by atoms with van der Waals surface area (Å²) in [7, 11) is 0. The largest absolute Gasteiger partial charge is 0.348 e. The van der Waals surface area contributed by atoms with Gasteiger partial charge in [-0.2, -0.15) is 0 Å². The number of piperidine rings is 1. The van der Waals surface area contributed by atoms with E-state index in [1.165, 1.54) is 5.17 Å². The molecule has 0 saturated carbocycles. The van der Waals surface area contributed by atoms with Crippen molar-refractivity contribution in [3.63, 3.8) is 0 Å². The molecule has 0 aliphatic carbocycles. The van der Waals surface area contributed by atoms with Gasteiger partial charge < -0.3 is 15.1 Å². The van der Waals surface area contributed by atoms with E-state index in [4.69, 9.17) is 0 Å². The van der Waals surface area contributed by atoms with Crippen molar-refractivity contribution in [1.29, 1.82) is 0 Å². The number of aliphatic imine (C=N–C) groups is 1. The molecule has 0 radical (unpaired) electrons. The van der Waals surface area contributed by atoms with Gasteiger partial charge in [0, 0.05) is 37.3 Å². The summed E-state index contributed by atoms with van der Waals surface area (Å²) in [6.45, 7) is 8.73. The molecule has 5 nitrogen and oxygen atoms in total. The van der Waals surface area contributed by atoms with Crippen LogP contribution in [-0.2, 0) is 4.79 Å². The van der Waals surface area contributed by atoms with Crippen LogP contribution in [0.15, 0.2) is 4.99 Å². The van der Waals surface area contributed by atoms with Crippen molar-refractivity contribution in [1.82, 2.24) is 15.1 Å². The average molecular weight is 333 g/mol. The van der Waals surface area contributed by atoms with E-state index in [2.05, 4.69) is 27.0 Å². The lowest BCUT2D eigenvalue weighted by Gasteiger charge is -2.37. The fourth-order valence-corrected chi connectivity index (χ4v) is 4.07. The number of amidine groups is 1. The molecule has 1 atom stereocenters. The molecule has 3 aliphatic rings. The van der Waals surface area contributed by atoms with Gasteiger partial charge in [0.1, 0.15) is 0 Å². The molecule has 0 bridgehead atoms. The number of amides is 1. The second-order valence-corrected chi connectivity index (χ2v) is 7.29. The Balaban J connectivity index is 0.00000161. The molecule has 2 fully saturated rings. The molecule has 3 heterocycles. The van der Waals surface area contributed by atoms with E-state index in [-0.39, 0.29) is 18.3 Å². The van der Waals surface area contributed by atoms with Gasteiger partial charge in [-0.05, 0) is 25.9 Å². The molecule has 0 aromatic carbocycles. The number of rotatable bonds is 1. The number of nitrogens with zero attached hydrogens (tertiary/aromatic N) is 3. The van der Waals surface area contributed by atoms with Crippen LogP contribution in [0.4, 0.5) is 0 Å². The van der Waals surface area contributed by atoms with Crippen molar-refractivity contribution in [2.24, 2.45) is 10.9 Å². The number of hydrogen-bond donors (Lipinski definition) is 1. The summed E-state index contributed by atoms with van der Waals surface area (Å²) in [6.07, 6.45) is 2.00. The van der Waals surface area contributed by atoms with Gasteiger partial charge in [0.05, 0.1) is 6.54 Å². The topological polar surface area (TPSA) is 47.9 Å². The Morgan fingerprint density at radius 3 is 2.48 bits per heavy atom. The van der Waals surface area contributed by atoms with Crippen molar-refractivity contribution < 1.29 is 4.79 Å². The van der Waals surface area contributed by atoms with Gasteiger partial charge in [-0.1, -0.05) is 18.7 Å². The average Bonchev–Trinajstić information content (AvgIpc) is 2.94. The number of hydrogen-bond acceptors (Lipinski definition) is 5. The minimum Gasteiger partial charge on any atom is -0.348 e. The van der Waals surface area contributed by atoms with Crippen LogP contribution in [0.25, 0.3) is 0 Å².